The Bertz CT molecular complexity index is 786. The zero-order chi connectivity index (χ0) is 16.3. The second kappa shape index (κ2) is 6.59. The number of sulfonamides is 1. The topological polar surface area (TPSA) is 82.5 Å². The Morgan fingerprint density at radius 3 is 2.78 bits per heavy atom. The van der Waals surface area contributed by atoms with E-state index in [4.69, 9.17) is 9.47 Å². The van der Waals surface area contributed by atoms with Gasteiger partial charge in [-0.05, 0) is 24.1 Å². The van der Waals surface area contributed by atoms with Gasteiger partial charge < -0.3 is 9.47 Å². The molecule has 0 aliphatic carbocycles. The molecule has 1 aromatic carbocycles. The van der Waals surface area contributed by atoms with Gasteiger partial charge in [-0.3, -0.25) is 4.68 Å². The predicted molar refractivity (Wildman–Crippen MR) is 84.1 cm³/mol. The molecule has 1 aliphatic rings. The first kappa shape index (κ1) is 15.8. The lowest BCUT2D eigenvalue weighted by molar-refractivity contribution is 0.297. The van der Waals surface area contributed by atoms with Gasteiger partial charge in [-0.25, -0.2) is 13.1 Å². The highest BCUT2D eigenvalue weighted by Gasteiger charge is 2.18. The molecule has 8 heteroatoms. The van der Waals surface area contributed by atoms with E-state index >= 15 is 0 Å². The molecule has 0 bridgehead atoms. The third kappa shape index (κ3) is 3.83. The molecule has 1 aromatic heterocycles. The summed E-state index contributed by atoms with van der Waals surface area (Å²) in [5.41, 5.74) is 0.980. The number of hydrogen-bond donors (Lipinski definition) is 1. The summed E-state index contributed by atoms with van der Waals surface area (Å²) < 4.78 is 40.1. The zero-order valence-corrected chi connectivity index (χ0v) is 13.7. The van der Waals surface area contributed by atoms with Gasteiger partial charge in [0.1, 0.15) is 0 Å². The Balaban J connectivity index is 1.68. The quantitative estimate of drug-likeness (QED) is 0.883. The second-order valence-electron chi connectivity index (χ2n) is 5.33. The fourth-order valence-electron chi connectivity index (χ4n) is 2.32. The van der Waals surface area contributed by atoms with E-state index in [1.807, 2.05) is 13.2 Å². The predicted octanol–water partition coefficient (Wildman–Crippen LogP) is 1.10. The summed E-state index contributed by atoms with van der Waals surface area (Å²) in [7, 11) is -1.76. The third-order valence-electron chi connectivity index (χ3n) is 3.49. The normalized spacial score (nSPS) is 14.5. The minimum Gasteiger partial charge on any atom is -0.490 e. The lowest BCUT2D eigenvalue weighted by Gasteiger charge is -2.10. The first-order valence-electron chi connectivity index (χ1n) is 7.41. The summed E-state index contributed by atoms with van der Waals surface area (Å²) >= 11 is 0. The number of benzene rings is 1. The molecule has 0 amide bonds. The summed E-state index contributed by atoms with van der Waals surface area (Å²) in [6.45, 7) is 1.40. The first-order chi connectivity index (χ1) is 11.0. The Labute approximate surface area is 135 Å². The molecule has 1 N–H and O–H groups in total. The first-order valence-corrected chi connectivity index (χ1v) is 8.90. The van der Waals surface area contributed by atoms with Crippen molar-refractivity contribution in [3.63, 3.8) is 0 Å². The van der Waals surface area contributed by atoms with Crippen molar-refractivity contribution in [2.45, 2.75) is 17.7 Å². The molecule has 2 heterocycles. The molecule has 0 saturated heterocycles. The van der Waals surface area contributed by atoms with E-state index in [2.05, 4.69) is 9.82 Å². The summed E-state index contributed by atoms with van der Waals surface area (Å²) in [6.07, 6.45) is 4.95. The molecule has 7 nitrogen and oxygen atoms in total. The Hall–Kier alpha value is -2.06. The standard InChI is InChI=1S/C15H19N3O4S/c1-18-11-12(10-16-18)5-6-17-23(19,20)13-3-4-14-15(9-13)22-8-2-7-21-14/h3-4,9-11,17H,2,5-8H2,1H3. The van der Waals surface area contributed by atoms with Gasteiger partial charge >= 0.3 is 0 Å². The van der Waals surface area contributed by atoms with Gasteiger partial charge in [0, 0.05) is 32.3 Å². The van der Waals surface area contributed by atoms with Crippen LogP contribution in [0.1, 0.15) is 12.0 Å². The molecular weight excluding hydrogens is 318 g/mol. The number of nitrogens with zero attached hydrogens (tertiary/aromatic N) is 2. The van der Waals surface area contributed by atoms with Gasteiger partial charge in [0.15, 0.2) is 11.5 Å². The van der Waals surface area contributed by atoms with E-state index in [1.54, 1.807) is 16.9 Å². The molecule has 0 radical (unpaired) electrons. The maximum absolute atomic E-state index is 12.4. The van der Waals surface area contributed by atoms with Crippen LogP contribution in [0.15, 0.2) is 35.5 Å². The maximum atomic E-state index is 12.4. The molecule has 0 fully saturated rings. The number of rotatable bonds is 5. The van der Waals surface area contributed by atoms with Crippen molar-refractivity contribution in [3.05, 3.63) is 36.2 Å². The number of nitrogens with one attached hydrogen (secondary N) is 1. The number of aryl methyl sites for hydroxylation is 1. The average Bonchev–Trinajstić information content (AvgIpc) is 2.80. The molecule has 0 unspecified atom stereocenters. The van der Waals surface area contributed by atoms with E-state index in [1.165, 1.54) is 12.1 Å². The van der Waals surface area contributed by atoms with Gasteiger partial charge in [-0.15, -0.1) is 0 Å². The Morgan fingerprint density at radius 2 is 2.04 bits per heavy atom. The zero-order valence-electron chi connectivity index (χ0n) is 12.9. The van der Waals surface area contributed by atoms with Crippen LogP contribution >= 0.6 is 0 Å². The average molecular weight is 337 g/mol. The summed E-state index contributed by atoms with van der Waals surface area (Å²) in [5, 5.41) is 4.06. The highest BCUT2D eigenvalue weighted by atomic mass is 32.2. The van der Waals surface area contributed by atoms with Crippen molar-refractivity contribution in [1.29, 1.82) is 0 Å². The number of hydrogen-bond acceptors (Lipinski definition) is 5. The van der Waals surface area contributed by atoms with Crippen LogP contribution in [-0.2, 0) is 23.5 Å². The van der Waals surface area contributed by atoms with Gasteiger partial charge in [0.05, 0.1) is 24.3 Å². The largest absolute Gasteiger partial charge is 0.490 e. The number of aromatic nitrogens is 2. The molecule has 23 heavy (non-hydrogen) atoms. The van der Waals surface area contributed by atoms with Crippen LogP contribution in [0.2, 0.25) is 0 Å². The van der Waals surface area contributed by atoms with Crippen molar-refractivity contribution in [2.75, 3.05) is 19.8 Å². The van der Waals surface area contributed by atoms with Gasteiger partial charge in [0.25, 0.3) is 0 Å². The van der Waals surface area contributed by atoms with Crippen molar-refractivity contribution in [3.8, 4) is 11.5 Å². The summed E-state index contributed by atoms with van der Waals surface area (Å²) in [4.78, 5) is 0.174. The van der Waals surface area contributed by atoms with Gasteiger partial charge in [0.2, 0.25) is 10.0 Å². The van der Waals surface area contributed by atoms with Crippen molar-refractivity contribution >= 4 is 10.0 Å². The van der Waals surface area contributed by atoms with Gasteiger partial charge in [-0.1, -0.05) is 0 Å². The molecular formula is C15H19N3O4S. The fourth-order valence-corrected chi connectivity index (χ4v) is 3.37. The monoisotopic (exact) mass is 337 g/mol. The second-order valence-corrected chi connectivity index (χ2v) is 7.10. The highest BCUT2D eigenvalue weighted by Crippen LogP contribution is 2.31. The van der Waals surface area contributed by atoms with E-state index in [-0.39, 0.29) is 4.90 Å². The molecule has 2 aromatic rings. The van der Waals surface area contributed by atoms with Crippen LogP contribution in [0, 0.1) is 0 Å². The van der Waals surface area contributed by atoms with E-state index in [0.29, 0.717) is 37.7 Å². The lowest BCUT2D eigenvalue weighted by Crippen LogP contribution is -2.26. The number of ether oxygens (including phenoxy) is 2. The van der Waals surface area contributed by atoms with Crippen LogP contribution in [0.4, 0.5) is 0 Å². The van der Waals surface area contributed by atoms with E-state index < -0.39 is 10.0 Å². The fraction of sp³-hybridized carbons (Fsp3) is 0.400. The van der Waals surface area contributed by atoms with Crippen LogP contribution in [-0.4, -0.2) is 38.0 Å². The molecule has 0 saturated carbocycles. The minimum absolute atomic E-state index is 0.174. The van der Waals surface area contributed by atoms with Gasteiger partial charge in [-0.2, -0.15) is 5.10 Å². The number of fused-ring (bicyclic) bond motifs is 1. The SMILES string of the molecule is Cn1cc(CCNS(=O)(=O)c2ccc3c(c2)OCCCO3)cn1. The minimum atomic E-state index is -3.58. The summed E-state index contributed by atoms with van der Waals surface area (Å²) in [5.74, 6) is 1.05. The van der Waals surface area contributed by atoms with E-state index in [0.717, 1.165) is 12.0 Å². The molecule has 3 rings (SSSR count). The third-order valence-corrected chi connectivity index (χ3v) is 4.95. The Morgan fingerprint density at radius 1 is 1.26 bits per heavy atom. The molecule has 0 spiro atoms. The van der Waals surface area contributed by atoms with Crippen LogP contribution < -0.4 is 14.2 Å². The van der Waals surface area contributed by atoms with Crippen LogP contribution in [0.25, 0.3) is 0 Å². The van der Waals surface area contributed by atoms with Crippen LogP contribution in [0.3, 0.4) is 0 Å². The Kier molecular flexibility index (Phi) is 4.53. The van der Waals surface area contributed by atoms with Crippen LogP contribution in [0.5, 0.6) is 11.5 Å². The molecule has 0 atom stereocenters. The molecule has 1 aliphatic heterocycles. The van der Waals surface area contributed by atoms with E-state index in [9.17, 15) is 8.42 Å². The highest BCUT2D eigenvalue weighted by molar-refractivity contribution is 7.89. The lowest BCUT2D eigenvalue weighted by atomic mass is 10.3. The molecule has 124 valence electrons. The van der Waals surface area contributed by atoms with Crippen molar-refractivity contribution < 1.29 is 17.9 Å². The maximum Gasteiger partial charge on any atom is 0.240 e. The van der Waals surface area contributed by atoms with Crippen molar-refractivity contribution in [2.24, 2.45) is 7.05 Å². The van der Waals surface area contributed by atoms with Crippen molar-refractivity contribution in [1.82, 2.24) is 14.5 Å². The smallest absolute Gasteiger partial charge is 0.240 e. The summed E-state index contributed by atoms with van der Waals surface area (Å²) in [6, 6.07) is 4.67.